The molecule has 0 spiro atoms. The lowest BCUT2D eigenvalue weighted by molar-refractivity contribution is 0.0898. The van der Waals surface area contributed by atoms with Crippen molar-refractivity contribution in [3.63, 3.8) is 0 Å². The minimum Gasteiger partial charge on any atom is -0.294 e. The van der Waals surface area contributed by atoms with Crippen molar-refractivity contribution in [1.82, 2.24) is 0 Å². The van der Waals surface area contributed by atoms with E-state index in [1.54, 1.807) is 0 Å². The van der Waals surface area contributed by atoms with E-state index in [4.69, 9.17) is 0 Å². The Bertz CT molecular complexity index is 459. The molecule has 84 valence electrons. The van der Waals surface area contributed by atoms with Gasteiger partial charge in [-0.25, -0.2) is 0 Å². The minimum absolute atomic E-state index is 0.310. The second kappa shape index (κ2) is 3.44. The molecular weight excluding hydrogens is 196 g/mol. The fraction of sp³-hybridized carbons (Fsp3) is 0.533. The van der Waals surface area contributed by atoms with E-state index < -0.39 is 0 Å². The van der Waals surface area contributed by atoms with Gasteiger partial charge in [-0.15, -0.1) is 0 Å². The molecule has 0 amide bonds. The van der Waals surface area contributed by atoms with E-state index in [1.807, 2.05) is 0 Å². The van der Waals surface area contributed by atoms with E-state index in [0.717, 1.165) is 12.0 Å². The first-order chi connectivity index (χ1) is 7.68. The third-order valence-electron chi connectivity index (χ3n) is 4.43. The highest BCUT2D eigenvalue weighted by Crippen LogP contribution is 2.46. The van der Waals surface area contributed by atoms with Crippen molar-refractivity contribution < 1.29 is 4.79 Å². The van der Waals surface area contributed by atoms with Gasteiger partial charge in [-0.05, 0) is 55.4 Å². The summed E-state index contributed by atoms with van der Waals surface area (Å²) in [7, 11) is 0. The second-order valence-corrected chi connectivity index (χ2v) is 5.39. The lowest BCUT2D eigenvalue weighted by atomic mass is 9.79. The first kappa shape index (κ1) is 10.1. The molecule has 1 aromatic rings. The van der Waals surface area contributed by atoms with E-state index in [9.17, 15) is 4.79 Å². The second-order valence-electron chi connectivity index (χ2n) is 5.39. The largest absolute Gasteiger partial charge is 0.294 e. The quantitative estimate of drug-likeness (QED) is 0.642. The maximum atomic E-state index is 12.3. The van der Waals surface area contributed by atoms with Crippen LogP contribution in [0.2, 0.25) is 0 Å². The Balaban J connectivity index is 2.14. The topological polar surface area (TPSA) is 17.1 Å². The average Bonchev–Trinajstić information content (AvgIpc) is 2.55. The Morgan fingerprint density at radius 3 is 2.38 bits per heavy atom. The van der Waals surface area contributed by atoms with Gasteiger partial charge in [0.2, 0.25) is 0 Å². The molecule has 0 radical (unpaired) electrons. The summed E-state index contributed by atoms with van der Waals surface area (Å²) in [5.74, 6) is 1.27. The molecule has 1 saturated carbocycles. The smallest absolute Gasteiger partial charge is 0.166 e. The predicted molar refractivity (Wildman–Crippen MR) is 64.9 cm³/mol. The maximum Gasteiger partial charge on any atom is 0.166 e. The van der Waals surface area contributed by atoms with Crippen molar-refractivity contribution in [3.8, 4) is 0 Å². The van der Waals surface area contributed by atoms with Crippen molar-refractivity contribution in [2.45, 2.75) is 45.4 Å². The van der Waals surface area contributed by atoms with Crippen LogP contribution < -0.4 is 0 Å². The monoisotopic (exact) mass is 214 g/mol. The zero-order valence-electron chi connectivity index (χ0n) is 10.0. The Morgan fingerprint density at radius 2 is 1.62 bits per heavy atom. The molecule has 0 bridgehead atoms. The first-order valence-corrected chi connectivity index (χ1v) is 6.34. The van der Waals surface area contributed by atoms with Crippen LogP contribution in [0.5, 0.6) is 0 Å². The molecule has 2 atom stereocenters. The molecule has 1 fully saturated rings. The molecule has 0 aliphatic heterocycles. The van der Waals surface area contributed by atoms with Gasteiger partial charge in [0.05, 0.1) is 0 Å². The van der Waals surface area contributed by atoms with Crippen molar-refractivity contribution in [3.05, 3.63) is 34.4 Å². The highest BCUT2D eigenvalue weighted by molar-refractivity contribution is 6.03. The summed E-state index contributed by atoms with van der Waals surface area (Å²) in [5.41, 5.74) is 4.96. The number of ketones is 1. The van der Waals surface area contributed by atoms with Crippen molar-refractivity contribution in [1.29, 1.82) is 0 Å². The SMILES string of the molecule is Cc1cc2c(cc1C)[C@H]1CCCC[C@H]1C2=O. The van der Waals surface area contributed by atoms with Gasteiger partial charge in [-0.1, -0.05) is 18.9 Å². The van der Waals surface area contributed by atoms with Gasteiger partial charge in [0.15, 0.2) is 5.78 Å². The van der Waals surface area contributed by atoms with Crippen LogP contribution in [-0.4, -0.2) is 5.78 Å². The number of aryl methyl sites for hydroxylation is 2. The summed E-state index contributed by atoms with van der Waals surface area (Å²) in [5, 5.41) is 0. The van der Waals surface area contributed by atoms with Crippen LogP contribution in [0, 0.1) is 19.8 Å². The molecule has 0 saturated heterocycles. The summed E-state index contributed by atoms with van der Waals surface area (Å²) < 4.78 is 0. The maximum absolute atomic E-state index is 12.3. The van der Waals surface area contributed by atoms with Gasteiger partial charge >= 0.3 is 0 Å². The van der Waals surface area contributed by atoms with E-state index in [-0.39, 0.29) is 0 Å². The third kappa shape index (κ3) is 1.27. The van der Waals surface area contributed by atoms with Gasteiger partial charge in [0.25, 0.3) is 0 Å². The summed E-state index contributed by atoms with van der Waals surface area (Å²) >= 11 is 0. The summed E-state index contributed by atoms with van der Waals surface area (Å²) in [6.45, 7) is 4.25. The normalized spacial score (nSPS) is 27.8. The highest BCUT2D eigenvalue weighted by atomic mass is 16.1. The van der Waals surface area contributed by atoms with E-state index in [0.29, 0.717) is 17.6 Å². The highest BCUT2D eigenvalue weighted by Gasteiger charge is 2.40. The van der Waals surface area contributed by atoms with Crippen molar-refractivity contribution in [2.75, 3.05) is 0 Å². The molecule has 0 heterocycles. The molecule has 0 N–H and O–H groups in total. The average molecular weight is 214 g/mol. The number of hydrogen-bond acceptors (Lipinski definition) is 1. The van der Waals surface area contributed by atoms with Crippen LogP contribution in [0.15, 0.2) is 12.1 Å². The number of carbonyl (C=O) groups is 1. The van der Waals surface area contributed by atoms with Gasteiger partial charge < -0.3 is 0 Å². The Labute approximate surface area is 96.9 Å². The van der Waals surface area contributed by atoms with E-state index in [2.05, 4.69) is 26.0 Å². The van der Waals surface area contributed by atoms with E-state index >= 15 is 0 Å². The molecule has 1 heteroatoms. The van der Waals surface area contributed by atoms with Gasteiger partial charge in [0, 0.05) is 11.5 Å². The fourth-order valence-electron chi connectivity index (χ4n) is 3.38. The van der Waals surface area contributed by atoms with Gasteiger partial charge in [-0.3, -0.25) is 4.79 Å². The fourth-order valence-corrected chi connectivity index (χ4v) is 3.38. The number of rotatable bonds is 0. The van der Waals surface area contributed by atoms with Crippen LogP contribution in [0.4, 0.5) is 0 Å². The molecule has 3 rings (SSSR count). The van der Waals surface area contributed by atoms with Crippen molar-refractivity contribution in [2.24, 2.45) is 5.92 Å². The van der Waals surface area contributed by atoms with Gasteiger partial charge in [0.1, 0.15) is 0 Å². The van der Waals surface area contributed by atoms with E-state index in [1.165, 1.54) is 36.0 Å². The molecule has 0 aromatic heterocycles. The number of hydrogen-bond donors (Lipinski definition) is 0. The van der Waals surface area contributed by atoms with Gasteiger partial charge in [-0.2, -0.15) is 0 Å². The lowest BCUT2D eigenvalue weighted by Gasteiger charge is -2.24. The predicted octanol–water partition coefficient (Wildman–Crippen LogP) is 3.77. The summed E-state index contributed by atoms with van der Waals surface area (Å²) in [4.78, 5) is 12.3. The minimum atomic E-state index is 0.310. The molecular formula is C15H18O. The van der Waals surface area contributed by atoms with Crippen molar-refractivity contribution >= 4 is 5.78 Å². The van der Waals surface area contributed by atoms with Crippen LogP contribution in [0.25, 0.3) is 0 Å². The molecule has 16 heavy (non-hydrogen) atoms. The molecule has 1 aromatic carbocycles. The first-order valence-electron chi connectivity index (χ1n) is 6.34. The zero-order chi connectivity index (χ0) is 11.3. The Hall–Kier alpha value is -1.11. The lowest BCUT2D eigenvalue weighted by Crippen LogP contribution is -2.17. The Kier molecular flexibility index (Phi) is 2.17. The number of Topliss-reactive ketones (excluding diaryl/α,β-unsaturated/α-hetero) is 1. The molecule has 2 aliphatic carbocycles. The zero-order valence-corrected chi connectivity index (χ0v) is 10.0. The van der Waals surface area contributed by atoms with Crippen LogP contribution >= 0.6 is 0 Å². The standard InChI is InChI=1S/C15H18O/c1-9-7-13-11-5-3-4-6-12(11)15(16)14(13)8-10(9)2/h7-8,11-12H,3-6H2,1-2H3/t11-,12+/m0/s1. The Morgan fingerprint density at radius 1 is 1.00 bits per heavy atom. The summed E-state index contributed by atoms with van der Waals surface area (Å²) in [6.07, 6.45) is 4.85. The van der Waals surface area contributed by atoms with Crippen LogP contribution in [-0.2, 0) is 0 Å². The third-order valence-corrected chi connectivity index (χ3v) is 4.43. The molecule has 0 unspecified atom stereocenters. The summed E-state index contributed by atoms with van der Waals surface area (Å²) in [6, 6.07) is 4.38. The molecule has 2 aliphatic rings. The molecule has 1 nitrogen and oxygen atoms in total. The van der Waals surface area contributed by atoms with Crippen LogP contribution in [0.3, 0.4) is 0 Å². The number of carbonyl (C=O) groups excluding carboxylic acids is 1. The number of benzene rings is 1. The number of fused-ring (bicyclic) bond motifs is 3. The van der Waals surface area contributed by atoms with Crippen LogP contribution in [0.1, 0.15) is 58.6 Å².